The standard InChI is InChI=1S/C12H22INO3/c1-8-5-10(7-16-3)6-14(8)12(15)11(13)9(2)17-4/h8-11H,5-7H2,1-4H3/t8-,9?,10?,11?/m1/s1. The maximum Gasteiger partial charge on any atom is 0.238 e. The van der Waals surface area contributed by atoms with Crippen molar-refractivity contribution in [3.05, 3.63) is 0 Å². The largest absolute Gasteiger partial charge is 0.384 e. The number of halogens is 1. The van der Waals surface area contributed by atoms with Crippen molar-refractivity contribution in [2.75, 3.05) is 27.4 Å². The smallest absolute Gasteiger partial charge is 0.238 e. The minimum absolute atomic E-state index is 0.0447. The Morgan fingerprint density at radius 3 is 2.71 bits per heavy atom. The Balaban J connectivity index is 2.58. The van der Waals surface area contributed by atoms with E-state index in [1.54, 1.807) is 14.2 Å². The van der Waals surface area contributed by atoms with Crippen LogP contribution >= 0.6 is 22.6 Å². The van der Waals surface area contributed by atoms with E-state index in [4.69, 9.17) is 9.47 Å². The van der Waals surface area contributed by atoms with Crippen molar-refractivity contribution < 1.29 is 14.3 Å². The molecule has 0 bridgehead atoms. The molecule has 1 amide bonds. The quantitative estimate of drug-likeness (QED) is 0.557. The second kappa shape index (κ2) is 6.89. The number of nitrogens with zero attached hydrogens (tertiary/aromatic N) is 1. The molecule has 3 unspecified atom stereocenters. The highest BCUT2D eigenvalue weighted by atomic mass is 127. The van der Waals surface area contributed by atoms with Gasteiger partial charge in [0.2, 0.25) is 5.91 Å². The Kier molecular flexibility index (Phi) is 6.16. The van der Waals surface area contributed by atoms with E-state index in [1.807, 2.05) is 11.8 Å². The van der Waals surface area contributed by atoms with Crippen molar-refractivity contribution >= 4 is 28.5 Å². The van der Waals surface area contributed by atoms with E-state index in [0.29, 0.717) is 12.0 Å². The molecule has 17 heavy (non-hydrogen) atoms. The lowest BCUT2D eigenvalue weighted by atomic mass is 10.1. The van der Waals surface area contributed by atoms with Gasteiger partial charge in [-0.25, -0.2) is 0 Å². The van der Waals surface area contributed by atoms with Gasteiger partial charge in [0.15, 0.2) is 0 Å². The molecular weight excluding hydrogens is 333 g/mol. The number of amides is 1. The Labute approximate surface area is 117 Å². The predicted octanol–water partition coefficient (Wildman–Crippen LogP) is 1.71. The van der Waals surface area contributed by atoms with E-state index in [-0.39, 0.29) is 15.9 Å². The van der Waals surface area contributed by atoms with Gasteiger partial charge in [-0.3, -0.25) is 4.79 Å². The summed E-state index contributed by atoms with van der Waals surface area (Å²) in [5.41, 5.74) is 0. The molecule has 5 heteroatoms. The fourth-order valence-electron chi connectivity index (χ4n) is 2.28. The van der Waals surface area contributed by atoms with Crippen LogP contribution in [0.5, 0.6) is 0 Å². The fourth-order valence-corrected chi connectivity index (χ4v) is 2.94. The first-order valence-corrected chi connectivity index (χ1v) is 7.22. The maximum absolute atomic E-state index is 12.3. The molecule has 1 saturated heterocycles. The van der Waals surface area contributed by atoms with Gasteiger partial charge in [-0.2, -0.15) is 0 Å². The van der Waals surface area contributed by atoms with Crippen LogP contribution in [0.3, 0.4) is 0 Å². The zero-order valence-electron chi connectivity index (χ0n) is 11.0. The van der Waals surface area contributed by atoms with E-state index in [2.05, 4.69) is 29.5 Å². The summed E-state index contributed by atoms with van der Waals surface area (Å²) < 4.78 is 10.3. The molecule has 1 rings (SSSR count). The summed E-state index contributed by atoms with van der Waals surface area (Å²) >= 11 is 2.17. The molecule has 1 aliphatic heterocycles. The molecule has 0 spiro atoms. The van der Waals surface area contributed by atoms with Gasteiger partial charge in [-0.1, -0.05) is 22.6 Å². The molecule has 0 aliphatic carbocycles. The average molecular weight is 355 g/mol. The van der Waals surface area contributed by atoms with Crippen LogP contribution in [0.4, 0.5) is 0 Å². The molecule has 4 atom stereocenters. The van der Waals surface area contributed by atoms with Crippen molar-refractivity contribution in [1.29, 1.82) is 0 Å². The highest BCUT2D eigenvalue weighted by Gasteiger charge is 2.36. The van der Waals surface area contributed by atoms with Crippen molar-refractivity contribution in [1.82, 2.24) is 4.90 Å². The van der Waals surface area contributed by atoms with E-state index in [9.17, 15) is 4.79 Å². The molecule has 1 fully saturated rings. The van der Waals surface area contributed by atoms with Crippen LogP contribution in [0.2, 0.25) is 0 Å². The number of likely N-dealkylation sites (tertiary alicyclic amines) is 1. The van der Waals surface area contributed by atoms with Gasteiger partial charge in [0.25, 0.3) is 0 Å². The topological polar surface area (TPSA) is 38.8 Å². The number of carbonyl (C=O) groups excluding carboxylic acids is 1. The van der Waals surface area contributed by atoms with Crippen LogP contribution in [-0.2, 0) is 14.3 Å². The Hall–Kier alpha value is 0.120. The summed E-state index contributed by atoms with van der Waals surface area (Å²) in [6.07, 6.45) is 0.987. The zero-order chi connectivity index (χ0) is 13.0. The predicted molar refractivity (Wildman–Crippen MR) is 75.4 cm³/mol. The number of hydrogen-bond donors (Lipinski definition) is 0. The van der Waals surface area contributed by atoms with Crippen molar-refractivity contribution in [3.8, 4) is 0 Å². The first kappa shape index (κ1) is 15.2. The second-order valence-electron chi connectivity index (χ2n) is 4.74. The van der Waals surface area contributed by atoms with Gasteiger partial charge in [0, 0.05) is 32.7 Å². The molecule has 0 saturated carbocycles. The van der Waals surface area contributed by atoms with Gasteiger partial charge < -0.3 is 14.4 Å². The van der Waals surface area contributed by atoms with E-state index < -0.39 is 0 Å². The summed E-state index contributed by atoms with van der Waals surface area (Å²) in [6, 6.07) is 0.309. The monoisotopic (exact) mass is 355 g/mol. The molecule has 100 valence electrons. The normalized spacial score (nSPS) is 28.2. The summed E-state index contributed by atoms with van der Waals surface area (Å²) in [7, 11) is 3.36. The number of ether oxygens (including phenoxy) is 2. The van der Waals surface area contributed by atoms with Crippen LogP contribution in [0.1, 0.15) is 20.3 Å². The summed E-state index contributed by atoms with van der Waals surface area (Å²) in [5.74, 6) is 0.659. The SMILES string of the molecule is COCC1C[C@@H](C)N(C(=O)C(I)C(C)OC)C1. The number of methoxy groups -OCH3 is 2. The molecule has 0 aromatic heterocycles. The highest BCUT2D eigenvalue weighted by Crippen LogP contribution is 2.26. The third-order valence-electron chi connectivity index (χ3n) is 3.37. The van der Waals surface area contributed by atoms with Crippen LogP contribution in [0.25, 0.3) is 0 Å². The van der Waals surface area contributed by atoms with Crippen LogP contribution in [0.15, 0.2) is 0 Å². The zero-order valence-corrected chi connectivity index (χ0v) is 13.1. The molecule has 0 N–H and O–H groups in total. The molecule has 0 aromatic rings. The number of rotatable bonds is 5. The molecule has 0 radical (unpaired) electrons. The van der Waals surface area contributed by atoms with Gasteiger partial charge in [0.1, 0.15) is 3.92 Å². The van der Waals surface area contributed by atoms with Crippen LogP contribution < -0.4 is 0 Å². The average Bonchev–Trinajstić information content (AvgIpc) is 2.68. The third-order valence-corrected chi connectivity index (χ3v) is 4.91. The first-order chi connectivity index (χ1) is 8.01. The Morgan fingerprint density at radius 2 is 2.18 bits per heavy atom. The summed E-state index contributed by atoms with van der Waals surface area (Å²) in [4.78, 5) is 14.3. The number of alkyl halides is 1. The minimum atomic E-state index is -0.110. The van der Waals surface area contributed by atoms with E-state index >= 15 is 0 Å². The molecular formula is C12H22INO3. The van der Waals surface area contributed by atoms with Crippen molar-refractivity contribution in [2.24, 2.45) is 5.92 Å². The van der Waals surface area contributed by atoms with Gasteiger partial charge in [-0.15, -0.1) is 0 Å². The van der Waals surface area contributed by atoms with Crippen LogP contribution in [-0.4, -0.2) is 54.2 Å². The van der Waals surface area contributed by atoms with Crippen molar-refractivity contribution in [2.45, 2.75) is 36.3 Å². The minimum Gasteiger partial charge on any atom is -0.384 e. The maximum atomic E-state index is 12.3. The lowest BCUT2D eigenvalue weighted by molar-refractivity contribution is -0.132. The molecule has 4 nitrogen and oxygen atoms in total. The molecule has 1 aliphatic rings. The fraction of sp³-hybridized carbons (Fsp3) is 0.917. The summed E-state index contributed by atoms with van der Waals surface area (Å²) in [5, 5.41) is 0. The second-order valence-corrected chi connectivity index (χ2v) is 6.08. The Bertz CT molecular complexity index is 262. The van der Waals surface area contributed by atoms with Gasteiger partial charge in [-0.05, 0) is 20.3 Å². The molecule has 0 aromatic carbocycles. The number of hydrogen-bond acceptors (Lipinski definition) is 3. The van der Waals surface area contributed by atoms with Crippen molar-refractivity contribution in [3.63, 3.8) is 0 Å². The van der Waals surface area contributed by atoms with Crippen LogP contribution in [0, 0.1) is 5.92 Å². The van der Waals surface area contributed by atoms with E-state index in [1.165, 1.54) is 0 Å². The van der Waals surface area contributed by atoms with Gasteiger partial charge in [0.05, 0.1) is 12.7 Å². The summed E-state index contributed by atoms with van der Waals surface area (Å²) in [6.45, 7) is 5.58. The lowest BCUT2D eigenvalue weighted by Crippen LogP contribution is -2.43. The lowest BCUT2D eigenvalue weighted by Gasteiger charge is -2.26. The first-order valence-electron chi connectivity index (χ1n) is 5.97. The Morgan fingerprint density at radius 1 is 1.53 bits per heavy atom. The van der Waals surface area contributed by atoms with E-state index in [0.717, 1.165) is 19.6 Å². The molecule has 1 heterocycles. The van der Waals surface area contributed by atoms with Gasteiger partial charge >= 0.3 is 0 Å². The number of carbonyl (C=O) groups is 1. The highest BCUT2D eigenvalue weighted by molar-refractivity contribution is 14.1. The third kappa shape index (κ3) is 3.79.